The van der Waals surface area contributed by atoms with Gasteiger partial charge in [0.15, 0.2) is 0 Å². The van der Waals surface area contributed by atoms with Crippen molar-refractivity contribution in [2.75, 3.05) is 31.1 Å². The van der Waals surface area contributed by atoms with E-state index in [1.165, 1.54) is 0 Å². The Morgan fingerprint density at radius 1 is 1.25 bits per heavy atom. The van der Waals surface area contributed by atoms with Crippen LogP contribution in [0.1, 0.15) is 19.8 Å². The Bertz CT molecular complexity index is 454. The number of hydrogen-bond donors (Lipinski definition) is 1. The van der Waals surface area contributed by atoms with E-state index in [2.05, 4.69) is 25.1 Å². The fourth-order valence-corrected chi connectivity index (χ4v) is 2.48. The lowest BCUT2D eigenvalue weighted by Crippen LogP contribution is -2.54. The number of nitrogens with zero attached hydrogens (tertiary/aromatic N) is 4. The molecule has 1 saturated carbocycles. The van der Waals surface area contributed by atoms with Gasteiger partial charge in [0.2, 0.25) is 11.9 Å². The molecule has 3 rings (SSSR count). The Balaban J connectivity index is 1.51. The maximum Gasteiger partial charge on any atom is 0.237 e. The fraction of sp³-hybridized carbons (Fsp3) is 0.643. The highest BCUT2D eigenvalue weighted by atomic mass is 16.2. The normalized spacial score (nSPS) is 21.6. The maximum atomic E-state index is 12.1. The molecule has 2 aliphatic rings. The molecule has 0 bridgehead atoms. The molecule has 2 fully saturated rings. The molecule has 1 amide bonds. The summed E-state index contributed by atoms with van der Waals surface area (Å²) in [5, 5.41) is 3.07. The zero-order chi connectivity index (χ0) is 13.9. The summed E-state index contributed by atoms with van der Waals surface area (Å²) in [5.41, 5.74) is 0. The SMILES string of the molecule is CC(C(=O)NC1CC1)N1CCN(c2ncccn2)CC1. The zero-order valence-electron chi connectivity index (χ0n) is 11.8. The Labute approximate surface area is 119 Å². The minimum absolute atomic E-state index is 0.0468. The first-order valence-corrected chi connectivity index (χ1v) is 7.30. The first-order valence-electron chi connectivity index (χ1n) is 7.30. The van der Waals surface area contributed by atoms with Crippen molar-refractivity contribution >= 4 is 11.9 Å². The number of hydrogen-bond acceptors (Lipinski definition) is 5. The molecule has 6 heteroatoms. The molecular formula is C14H21N5O. The van der Waals surface area contributed by atoms with Crippen LogP contribution in [0.15, 0.2) is 18.5 Å². The fourth-order valence-electron chi connectivity index (χ4n) is 2.48. The third-order valence-corrected chi connectivity index (χ3v) is 4.00. The molecule has 1 aliphatic carbocycles. The van der Waals surface area contributed by atoms with Gasteiger partial charge in [0, 0.05) is 44.6 Å². The summed E-state index contributed by atoms with van der Waals surface area (Å²) in [6.07, 6.45) is 5.80. The van der Waals surface area contributed by atoms with Gasteiger partial charge in [-0.15, -0.1) is 0 Å². The molecule has 0 radical (unpaired) electrons. The number of carbonyl (C=O) groups excluding carboxylic acids is 1. The highest BCUT2D eigenvalue weighted by Crippen LogP contribution is 2.19. The minimum atomic E-state index is -0.0468. The second-order valence-corrected chi connectivity index (χ2v) is 5.53. The van der Waals surface area contributed by atoms with Crippen LogP contribution in [0, 0.1) is 0 Å². The lowest BCUT2D eigenvalue weighted by molar-refractivity contribution is -0.126. The number of anilines is 1. The van der Waals surface area contributed by atoms with Gasteiger partial charge in [-0.1, -0.05) is 0 Å². The van der Waals surface area contributed by atoms with Gasteiger partial charge >= 0.3 is 0 Å². The number of rotatable bonds is 4. The van der Waals surface area contributed by atoms with Crippen molar-refractivity contribution < 1.29 is 4.79 Å². The summed E-state index contributed by atoms with van der Waals surface area (Å²) in [6, 6.07) is 2.21. The largest absolute Gasteiger partial charge is 0.352 e. The van der Waals surface area contributed by atoms with E-state index in [0.29, 0.717) is 6.04 Å². The van der Waals surface area contributed by atoms with E-state index in [1.807, 2.05) is 13.0 Å². The molecule has 2 heterocycles. The van der Waals surface area contributed by atoms with Gasteiger partial charge in [0.05, 0.1) is 6.04 Å². The van der Waals surface area contributed by atoms with Crippen molar-refractivity contribution in [1.29, 1.82) is 0 Å². The Kier molecular flexibility index (Phi) is 3.82. The average molecular weight is 275 g/mol. The van der Waals surface area contributed by atoms with E-state index < -0.39 is 0 Å². The van der Waals surface area contributed by atoms with E-state index in [9.17, 15) is 4.79 Å². The van der Waals surface area contributed by atoms with Crippen LogP contribution in [0.5, 0.6) is 0 Å². The second-order valence-electron chi connectivity index (χ2n) is 5.53. The second kappa shape index (κ2) is 5.75. The predicted octanol–water partition coefficient (Wildman–Crippen LogP) is 0.266. The van der Waals surface area contributed by atoms with Crippen molar-refractivity contribution in [3.63, 3.8) is 0 Å². The molecule has 1 aromatic heterocycles. The van der Waals surface area contributed by atoms with Crippen LogP contribution in [-0.2, 0) is 4.79 Å². The van der Waals surface area contributed by atoms with Gasteiger partial charge in [0.25, 0.3) is 0 Å². The molecule has 1 N–H and O–H groups in total. The van der Waals surface area contributed by atoms with Crippen molar-refractivity contribution in [3.05, 3.63) is 18.5 Å². The van der Waals surface area contributed by atoms with Crippen LogP contribution >= 0.6 is 0 Å². The topological polar surface area (TPSA) is 61.4 Å². The molecule has 0 spiro atoms. The number of nitrogens with one attached hydrogen (secondary N) is 1. The van der Waals surface area contributed by atoms with Gasteiger partial charge in [-0.2, -0.15) is 0 Å². The van der Waals surface area contributed by atoms with Gasteiger partial charge in [-0.3, -0.25) is 9.69 Å². The van der Waals surface area contributed by atoms with Crippen molar-refractivity contribution in [1.82, 2.24) is 20.2 Å². The third kappa shape index (κ3) is 3.07. The standard InChI is InChI=1S/C14H21N5O/c1-11(13(20)17-12-3-4-12)18-7-9-19(10-8-18)14-15-5-2-6-16-14/h2,5-6,11-12H,3-4,7-10H2,1H3,(H,17,20). The Hall–Kier alpha value is -1.69. The van der Waals surface area contributed by atoms with Crippen molar-refractivity contribution in [2.45, 2.75) is 31.8 Å². The van der Waals surface area contributed by atoms with E-state index in [4.69, 9.17) is 0 Å². The van der Waals surface area contributed by atoms with Crippen LogP contribution < -0.4 is 10.2 Å². The maximum absolute atomic E-state index is 12.1. The van der Waals surface area contributed by atoms with E-state index in [-0.39, 0.29) is 11.9 Å². The van der Waals surface area contributed by atoms with Gasteiger partial charge in [-0.05, 0) is 25.8 Å². The summed E-state index contributed by atoms with van der Waals surface area (Å²) in [4.78, 5) is 25.0. The average Bonchev–Trinajstić information content (AvgIpc) is 3.31. The van der Waals surface area contributed by atoms with Crippen LogP contribution in [0.3, 0.4) is 0 Å². The first kappa shape index (κ1) is 13.3. The highest BCUT2D eigenvalue weighted by Gasteiger charge is 2.30. The lowest BCUT2D eigenvalue weighted by Gasteiger charge is -2.37. The molecule has 1 unspecified atom stereocenters. The van der Waals surface area contributed by atoms with Crippen LogP contribution in [0.2, 0.25) is 0 Å². The Morgan fingerprint density at radius 3 is 2.50 bits per heavy atom. The lowest BCUT2D eigenvalue weighted by atomic mass is 10.2. The van der Waals surface area contributed by atoms with Gasteiger partial charge in [-0.25, -0.2) is 9.97 Å². The molecule has 6 nitrogen and oxygen atoms in total. The van der Waals surface area contributed by atoms with Crippen LogP contribution in [0.4, 0.5) is 5.95 Å². The van der Waals surface area contributed by atoms with Crippen molar-refractivity contribution in [3.8, 4) is 0 Å². The number of amides is 1. The molecule has 108 valence electrons. The monoisotopic (exact) mass is 275 g/mol. The predicted molar refractivity (Wildman–Crippen MR) is 76.4 cm³/mol. The zero-order valence-corrected chi connectivity index (χ0v) is 11.8. The van der Waals surface area contributed by atoms with Crippen LogP contribution in [0.25, 0.3) is 0 Å². The summed E-state index contributed by atoms with van der Waals surface area (Å²) in [6.45, 7) is 5.47. The Morgan fingerprint density at radius 2 is 1.90 bits per heavy atom. The quantitative estimate of drug-likeness (QED) is 0.854. The van der Waals surface area contributed by atoms with E-state index in [0.717, 1.165) is 45.0 Å². The summed E-state index contributed by atoms with van der Waals surface area (Å²) < 4.78 is 0. The molecule has 1 aliphatic heterocycles. The molecule has 1 aromatic rings. The van der Waals surface area contributed by atoms with Gasteiger partial charge in [0.1, 0.15) is 0 Å². The molecule has 1 saturated heterocycles. The highest BCUT2D eigenvalue weighted by molar-refractivity contribution is 5.81. The minimum Gasteiger partial charge on any atom is -0.352 e. The van der Waals surface area contributed by atoms with E-state index >= 15 is 0 Å². The number of piperazine rings is 1. The number of carbonyl (C=O) groups is 1. The molecule has 20 heavy (non-hydrogen) atoms. The summed E-state index contributed by atoms with van der Waals surface area (Å²) in [7, 11) is 0. The van der Waals surface area contributed by atoms with E-state index in [1.54, 1.807) is 12.4 Å². The number of aromatic nitrogens is 2. The smallest absolute Gasteiger partial charge is 0.237 e. The third-order valence-electron chi connectivity index (χ3n) is 4.00. The summed E-state index contributed by atoms with van der Waals surface area (Å²) >= 11 is 0. The molecular weight excluding hydrogens is 254 g/mol. The summed E-state index contributed by atoms with van der Waals surface area (Å²) in [5.74, 6) is 0.944. The van der Waals surface area contributed by atoms with Crippen LogP contribution in [-0.4, -0.2) is 59.0 Å². The van der Waals surface area contributed by atoms with Gasteiger partial charge < -0.3 is 10.2 Å². The molecule has 0 aromatic carbocycles. The first-order chi connectivity index (χ1) is 9.74. The van der Waals surface area contributed by atoms with Crippen molar-refractivity contribution in [2.24, 2.45) is 0 Å². The molecule has 1 atom stereocenters.